The molecule has 0 saturated carbocycles. The van der Waals surface area contributed by atoms with Gasteiger partial charge in [-0.3, -0.25) is 4.99 Å². The van der Waals surface area contributed by atoms with Crippen LogP contribution in [0.15, 0.2) is 17.3 Å². The van der Waals surface area contributed by atoms with E-state index in [-0.39, 0.29) is 0 Å². The summed E-state index contributed by atoms with van der Waals surface area (Å²) >= 11 is 0. The van der Waals surface area contributed by atoms with Gasteiger partial charge in [0.05, 0.1) is 6.04 Å². The lowest BCUT2D eigenvalue weighted by atomic mass is 10.1. The Bertz CT molecular complexity index is 260. The fourth-order valence-electron chi connectivity index (χ4n) is 1.27. The zero-order valence-corrected chi connectivity index (χ0v) is 5.96. The standard InChI is InChI=1S/C8H10N2/c1-6-4-8-7(5-10-6)2-3-9-8/h2-3,5-6,9H,4H2,1H3/t6-/m1/s1. The Labute approximate surface area is 60.0 Å². The van der Waals surface area contributed by atoms with Gasteiger partial charge in [-0.2, -0.15) is 0 Å². The van der Waals surface area contributed by atoms with Crippen LogP contribution in [0.5, 0.6) is 0 Å². The zero-order chi connectivity index (χ0) is 6.97. The Hall–Kier alpha value is -1.05. The smallest absolute Gasteiger partial charge is 0.0526 e. The third-order valence-corrected chi connectivity index (χ3v) is 1.84. The summed E-state index contributed by atoms with van der Waals surface area (Å²) < 4.78 is 0. The van der Waals surface area contributed by atoms with Crippen LogP contribution in [-0.4, -0.2) is 17.2 Å². The molecule has 0 bridgehead atoms. The number of aromatic nitrogens is 1. The molecular formula is C8H10N2. The zero-order valence-electron chi connectivity index (χ0n) is 5.96. The van der Waals surface area contributed by atoms with Gasteiger partial charge in [0, 0.05) is 30.1 Å². The molecule has 0 spiro atoms. The maximum atomic E-state index is 4.30. The molecule has 1 aromatic heterocycles. The molecule has 0 unspecified atom stereocenters. The molecule has 52 valence electrons. The molecule has 1 aromatic rings. The van der Waals surface area contributed by atoms with Gasteiger partial charge in [0.1, 0.15) is 0 Å². The number of nitrogens with zero attached hydrogens (tertiary/aromatic N) is 1. The summed E-state index contributed by atoms with van der Waals surface area (Å²) in [6.45, 7) is 2.13. The van der Waals surface area contributed by atoms with Crippen LogP contribution in [0.4, 0.5) is 0 Å². The first-order chi connectivity index (χ1) is 4.86. The molecule has 0 aromatic carbocycles. The van der Waals surface area contributed by atoms with Gasteiger partial charge in [-0.1, -0.05) is 0 Å². The second kappa shape index (κ2) is 1.97. The molecule has 2 nitrogen and oxygen atoms in total. The minimum absolute atomic E-state index is 0.450. The normalized spacial score (nSPS) is 22.7. The van der Waals surface area contributed by atoms with Crippen LogP contribution in [-0.2, 0) is 6.42 Å². The molecule has 2 heteroatoms. The average Bonchev–Trinajstić information content (AvgIpc) is 2.33. The maximum Gasteiger partial charge on any atom is 0.0526 e. The SMILES string of the molecule is C[C@@H]1Cc2[nH]ccc2C=N1. The van der Waals surface area contributed by atoms with Gasteiger partial charge in [-0.05, 0) is 13.0 Å². The van der Waals surface area contributed by atoms with Crippen molar-refractivity contribution >= 4 is 6.21 Å². The molecule has 2 heterocycles. The van der Waals surface area contributed by atoms with Crippen molar-refractivity contribution in [1.82, 2.24) is 4.98 Å². The molecule has 1 N–H and O–H groups in total. The van der Waals surface area contributed by atoms with Gasteiger partial charge in [-0.25, -0.2) is 0 Å². The molecule has 1 aliphatic rings. The van der Waals surface area contributed by atoms with Gasteiger partial charge >= 0.3 is 0 Å². The summed E-state index contributed by atoms with van der Waals surface area (Å²) in [4.78, 5) is 7.50. The molecule has 0 radical (unpaired) electrons. The van der Waals surface area contributed by atoms with Crippen molar-refractivity contribution in [2.24, 2.45) is 4.99 Å². The Balaban J connectivity index is 2.43. The largest absolute Gasteiger partial charge is 0.364 e. The van der Waals surface area contributed by atoms with E-state index in [0.29, 0.717) is 6.04 Å². The van der Waals surface area contributed by atoms with Crippen molar-refractivity contribution in [3.63, 3.8) is 0 Å². The molecule has 10 heavy (non-hydrogen) atoms. The van der Waals surface area contributed by atoms with E-state index >= 15 is 0 Å². The highest BCUT2D eigenvalue weighted by atomic mass is 14.8. The van der Waals surface area contributed by atoms with Crippen molar-refractivity contribution in [2.45, 2.75) is 19.4 Å². The molecule has 0 saturated heterocycles. The number of nitrogens with one attached hydrogen (secondary N) is 1. The van der Waals surface area contributed by atoms with E-state index < -0.39 is 0 Å². The van der Waals surface area contributed by atoms with E-state index in [0.717, 1.165) is 6.42 Å². The third-order valence-electron chi connectivity index (χ3n) is 1.84. The van der Waals surface area contributed by atoms with Crippen LogP contribution in [0.25, 0.3) is 0 Å². The summed E-state index contributed by atoms with van der Waals surface area (Å²) in [5, 5.41) is 0. The van der Waals surface area contributed by atoms with Gasteiger partial charge in [-0.15, -0.1) is 0 Å². The van der Waals surface area contributed by atoms with E-state index in [4.69, 9.17) is 0 Å². The molecule has 2 rings (SSSR count). The van der Waals surface area contributed by atoms with E-state index in [2.05, 4.69) is 23.0 Å². The quantitative estimate of drug-likeness (QED) is 0.555. The van der Waals surface area contributed by atoms with Gasteiger partial charge in [0.15, 0.2) is 0 Å². The molecule has 1 aliphatic heterocycles. The number of rotatable bonds is 0. The van der Waals surface area contributed by atoms with Gasteiger partial charge in [0.25, 0.3) is 0 Å². The third kappa shape index (κ3) is 0.764. The number of H-pyrrole nitrogens is 1. The number of fused-ring (bicyclic) bond motifs is 1. The molecule has 0 amide bonds. The Morgan fingerprint density at radius 1 is 1.70 bits per heavy atom. The van der Waals surface area contributed by atoms with Crippen molar-refractivity contribution < 1.29 is 0 Å². The first kappa shape index (κ1) is 5.71. The number of hydrogen-bond donors (Lipinski definition) is 1. The van der Waals surface area contributed by atoms with Crippen LogP contribution in [0.1, 0.15) is 18.2 Å². The topological polar surface area (TPSA) is 28.1 Å². The lowest BCUT2D eigenvalue weighted by Gasteiger charge is -2.10. The molecule has 0 fully saturated rings. The fourth-order valence-corrected chi connectivity index (χ4v) is 1.27. The Morgan fingerprint density at radius 2 is 2.60 bits per heavy atom. The predicted octanol–water partition coefficient (Wildman–Crippen LogP) is 1.38. The van der Waals surface area contributed by atoms with Crippen molar-refractivity contribution in [3.05, 3.63) is 23.5 Å². The highest BCUT2D eigenvalue weighted by molar-refractivity contribution is 5.82. The fraction of sp³-hybridized carbons (Fsp3) is 0.375. The highest BCUT2D eigenvalue weighted by Crippen LogP contribution is 2.13. The second-order valence-corrected chi connectivity index (χ2v) is 2.74. The molecule has 0 aliphatic carbocycles. The Kier molecular flexibility index (Phi) is 1.13. The lowest BCUT2D eigenvalue weighted by molar-refractivity contribution is 0.720. The van der Waals surface area contributed by atoms with Crippen LogP contribution in [0.2, 0.25) is 0 Å². The Morgan fingerprint density at radius 3 is 3.50 bits per heavy atom. The summed E-state index contributed by atoms with van der Waals surface area (Å²) in [6, 6.07) is 2.51. The van der Waals surface area contributed by atoms with Crippen LogP contribution < -0.4 is 0 Å². The maximum absolute atomic E-state index is 4.30. The van der Waals surface area contributed by atoms with Crippen LogP contribution in [0, 0.1) is 0 Å². The number of aliphatic imine (C=N–C) groups is 1. The number of hydrogen-bond acceptors (Lipinski definition) is 1. The first-order valence-corrected chi connectivity index (χ1v) is 3.55. The summed E-state index contributed by atoms with van der Waals surface area (Å²) in [5.41, 5.74) is 2.57. The molecular weight excluding hydrogens is 124 g/mol. The van der Waals surface area contributed by atoms with Crippen molar-refractivity contribution in [1.29, 1.82) is 0 Å². The van der Waals surface area contributed by atoms with Crippen LogP contribution in [0.3, 0.4) is 0 Å². The predicted molar refractivity (Wildman–Crippen MR) is 41.6 cm³/mol. The summed E-state index contributed by atoms with van der Waals surface area (Å²) in [7, 11) is 0. The van der Waals surface area contributed by atoms with E-state index in [9.17, 15) is 0 Å². The van der Waals surface area contributed by atoms with Crippen molar-refractivity contribution in [3.8, 4) is 0 Å². The van der Waals surface area contributed by atoms with Gasteiger partial charge < -0.3 is 4.98 Å². The monoisotopic (exact) mass is 134 g/mol. The van der Waals surface area contributed by atoms with E-state index in [1.165, 1.54) is 11.3 Å². The van der Waals surface area contributed by atoms with Crippen molar-refractivity contribution in [2.75, 3.05) is 0 Å². The summed E-state index contributed by atoms with van der Waals surface area (Å²) in [5.74, 6) is 0. The molecule has 1 atom stereocenters. The van der Waals surface area contributed by atoms with Crippen LogP contribution >= 0.6 is 0 Å². The minimum atomic E-state index is 0.450. The highest BCUT2D eigenvalue weighted by Gasteiger charge is 2.10. The lowest BCUT2D eigenvalue weighted by Crippen LogP contribution is -2.10. The summed E-state index contributed by atoms with van der Waals surface area (Å²) in [6.07, 6.45) is 4.97. The van der Waals surface area contributed by atoms with Gasteiger partial charge in [0.2, 0.25) is 0 Å². The van der Waals surface area contributed by atoms with E-state index in [1.54, 1.807) is 0 Å². The number of aromatic amines is 1. The first-order valence-electron chi connectivity index (χ1n) is 3.55. The van der Waals surface area contributed by atoms with E-state index in [1.807, 2.05) is 12.4 Å². The minimum Gasteiger partial charge on any atom is -0.364 e. The second-order valence-electron chi connectivity index (χ2n) is 2.74. The average molecular weight is 134 g/mol.